The second kappa shape index (κ2) is 5.03. The lowest BCUT2D eigenvalue weighted by Crippen LogP contribution is -1.97. The van der Waals surface area contributed by atoms with Crippen molar-refractivity contribution in [2.75, 3.05) is 0 Å². The van der Waals surface area contributed by atoms with Crippen LogP contribution in [-0.2, 0) is 0 Å². The lowest BCUT2D eigenvalue weighted by molar-refractivity contribution is 0.0703. The highest BCUT2D eigenvalue weighted by atomic mass is 32.1. The minimum absolute atomic E-state index is 0.0949. The molecule has 0 aliphatic rings. The molecule has 1 aromatic heterocycles. The molecule has 2 N–H and O–H groups in total. The van der Waals surface area contributed by atoms with Crippen LogP contribution in [0.1, 0.15) is 9.67 Å². The standard InChI is InChI=1S/C15H7F3O3S/c16-6-1-2-8-11(5-6)22-14(15(20)21)12(8)13-9(18)3-7(17)4-10(13)19/h1-5,19H,(H,20,21). The molecule has 1 heterocycles. The second-order valence-corrected chi connectivity index (χ2v) is 5.59. The highest BCUT2D eigenvalue weighted by Crippen LogP contribution is 2.43. The summed E-state index contributed by atoms with van der Waals surface area (Å²) in [7, 11) is 0. The van der Waals surface area contributed by atoms with E-state index < -0.39 is 34.7 Å². The number of halogens is 3. The van der Waals surface area contributed by atoms with Crippen molar-refractivity contribution in [1.29, 1.82) is 0 Å². The Morgan fingerprint density at radius 2 is 1.73 bits per heavy atom. The van der Waals surface area contributed by atoms with Gasteiger partial charge in [0.1, 0.15) is 28.1 Å². The molecule has 0 amide bonds. The first-order valence-corrected chi connectivity index (χ1v) is 6.84. The summed E-state index contributed by atoms with van der Waals surface area (Å²) in [6, 6.07) is 4.76. The SMILES string of the molecule is O=C(O)c1sc2cc(F)ccc2c1-c1c(O)cc(F)cc1F. The molecule has 0 saturated heterocycles. The number of hydrogen-bond donors (Lipinski definition) is 2. The van der Waals surface area contributed by atoms with Gasteiger partial charge in [0.25, 0.3) is 0 Å². The van der Waals surface area contributed by atoms with Crippen LogP contribution in [0.3, 0.4) is 0 Å². The van der Waals surface area contributed by atoms with E-state index in [0.29, 0.717) is 12.1 Å². The summed E-state index contributed by atoms with van der Waals surface area (Å²) in [5.41, 5.74) is -0.515. The number of aromatic carboxylic acids is 1. The predicted molar refractivity (Wildman–Crippen MR) is 75.8 cm³/mol. The Morgan fingerprint density at radius 3 is 2.36 bits per heavy atom. The summed E-state index contributed by atoms with van der Waals surface area (Å²) in [6.07, 6.45) is 0. The molecule has 0 atom stereocenters. The summed E-state index contributed by atoms with van der Waals surface area (Å²) < 4.78 is 40.7. The van der Waals surface area contributed by atoms with Gasteiger partial charge in [-0.3, -0.25) is 0 Å². The summed E-state index contributed by atoms with van der Waals surface area (Å²) in [4.78, 5) is 11.1. The molecule has 0 unspecified atom stereocenters. The quantitative estimate of drug-likeness (QED) is 0.735. The molecule has 3 aromatic rings. The molecule has 22 heavy (non-hydrogen) atoms. The number of hydrogen-bond acceptors (Lipinski definition) is 3. The molecule has 3 nitrogen and oxygen atoms in total. The number of aromatic hydroxyl groups is 1. The van der Waals surface area contributed by atoms with E-state index >= 15 is 0 Å². The van der Waals surface area contributed by atoms with Gasteiger partial charge in [-0.25, -0.2) is 18.0 Å². The molecule has 7 heteroatoms. The zero-order valence-electron chi connectivity index (χ0n) is 10.7. The van der Waals surface area contributed by atoms with Gasteiger partial charge in [-0.15, -0.1) is 11.3 Å². The highest BCUT2D eigenvalue weighted by Gasteiger charge is 2.24. The van der Waals surface area contributed by atoms with Gasteiger partial charge in [-0.05, 0) is 18.2 Å². The van der Waals surface area contributed by atoms with Gasteiger partial charge in [0.15, 0.2) is 0 Å². The van der Waals surface area contributed by atoms with Gasteiger partial charge in [0, 0.05) is 27.8 Å². The first kappa shape index (κ1) is 14.4. The highest BCUT2D eigenvalue weighted by molar-refractivity contribution is 7.21. The van der Waals surface area contributed by atoms with Crippen LogP contribution < -0.4 is 0 Å². The molecule has 0 aliphatic heterocycles. The monoisotopic (exact) mass is 324 g/mol. The average Bonchev–Trinajstić information content (AvgIpc) is 2.76. The normalized spacial score (nSPS) is 11.0. The van der Waals surface area contributed by atoms with E-state index in [4.69, 9.17) is 0 Å². The Morgan fingerprint density at radius 1 is 1.00 bits per heavy atom. The fourth-order valence-electron chi connectivity index (χ4n) is 2.28. The van der Waals surface area contributed by atoms with E-state index in [-0.39, 0.29) is 20.5 Å². The van der Waals surface area contributed by atoms with Gasteiger partial charge >= 0.3 is 5.97 Å². The number of thiophene rings is 1. The fourth-order valence-corrected chi connectivity index (χ4v) is 3.35. The zero-order chi connectivity index (χ0) is 16.0. The van der Waals surface area contributed by atoms with Gasteiger partial charge < -0.3 is 10.2 Å². The van der Waals surface area contributed by atoms with Crippen LogP contribution in [0.4, 0.5) is 13.2 Å². The Bertz CT molecular complexity index is 895. The van der Waals surface area contributed by atoms with Crippen molar-refractivity contribution in [1.82, 2.24) is 0 Å². The van der Waals surface area contributed by atoms with Crippen LogP contribution >= 0.6 is 11.3 Å². The number of rotatable bonds is 2. The molecular formula is C15H7F3O3S. The molecular weight excluding hydrogens is 317 g/mol. The predicted octanol–water partition coefficient (Wildman–Crippen LogP) is 4.39. The third kappa shape index (κ3) is 2.19. The smallest absolute Gasteiger partial charge is 0.346 e. The first-order chi connectivity index (χ1) is 10.4. The van der Waals surface area contributed by atoms with Crippen molar-refractivity contribution in [2.24, 2.45) is 0 Å². The van der Waals surface area contributed by atoms with E-state index in [9.17, 15) is 28.2 Å². The third-order valence-corrected chi connectivity index (χ3v) is 4.27. The Kier molecular flexibility index (Phi) is 3.29. The van der Waals surface area contributed by atoms with Crippen LogP contribution in [0.5, 0.6) is 5.75 Å². The summed E-state index contributed by atoms with van der Waals surface area (Å²) >= 11 is 0.752. The molecule has 3 rings (SSSR count). The van der Waals surface area contributed by atoms with Crippen LogP contribution in [0, 0.1) is 17.5 Å². The average molecular weight is 324 g/mol. The second-order valence-electron chi connectivity index (χ2n) is 4.53. The first-order valence-electron chi connectivity index (χ1n) is 6.02. The topological polar surface area (TPSA) is 57.5 Å². The van der Waals surface area contributed by atoms with Gasteiger partial charge in [-0.2, -0.15) is 0 Å². The number of carboxylic acids is 1. The van der Waals surface area contributed by atoms with Gasteiger partial charge in [-0.1, -0.05) is 0 Å². The Labute approximate surface area is 125 Å². The third-order valence-electron chi connectivity index (χ3n) is 3.13. The number of carboxylic acid groups (broad SMARTS) is 1. The molecule has 0 saturated carbocycles. The van der Waals surface area contributed by atoms with Crippen LogP contribution in [-0.4, -0.2) is 16.2 Å². The van der Waals surface area contributed by atoms with E-state index in [1.165, 1.54) is 6.07 Å². The van der Waals surface area contributed by atoms with E-state index in [0.717, 1.165) is 23.5 Å². The molecule has 2 aromatic carbocycles. The van der Waals surface area contributed by atoms with Crippen LogP contribution in [0.15, 0.2) is 30.3 Å². The van der Waals surface area contributed by atoms with Crippen LogP contribution in [0.25, 0.3) is 21.2 Å². The number of phenolic OH excluding ortho intramolecular Hbond substituents is 1. The van der Waals surface area contributed by atoms with Crippen molar-refractivity contribution in [2.45, 2.75) is 0 Å². The van der Waals surface area contributed by atoms with E-state index in [1.54, 1.807) is 0 Å². The molecule has 0 spiro atoms. The minimum atomic E-state index is -1.35. The fraction of sp³-hybridized carbons (Fsp3) is 0. The largest absolute Gasteiger partial charge is 0.507 e. The summed E-state index contributed by atoms with van der Waals surface area (Å²) in [6.45, 7) is 0. The zero-order valence-corrected chi connectivity index (χ0v) is 11.5. The maximum Gasteiger partial charge on any atom is 0.346 e. The van der Waals surface area contributed by atoms with Crippen molar-refractivity contribution in [3.8, 4) is 16.9 Å². The van der Waals surface area contributed by atoms with Gasteiger partial charge in [0.2, 0.25) is 0 Å². The molecule has 0 bridgehead atoms. The van der Waals surface area contributed by atoms with E-state index in [1.807, 2.05) is 0 Å². The lowest BCUT2D eigenvalue weighted by Gasteiger charge is -2.07. The van der Waals surface area contributed by atoms with E-state index in [2.05, 4.69) is 0 Å². The number of carbonyl (C=O) groups is 1. The lowest BCUT2D eigenvalue weighted by atomic mass is 10.00. The molecule has 0 radical (unpaired) electrons. The molecule has 0 fully saturated rings. The van der Waals surface area contributed by atoms with Crippen LogP contribution in [0.2, 0.25) is 0 Å². The van der Waals surface area contributed by atoms with Gasteiger partial charge in [0.05, 0.1) is 5.56 Å². The summed E-state index contributed by atoms with van der Waals surface area (Å²) in [5, 5.41) is 19.4. The Hall–Kier alpha value is -2.54. The maximum absolute atomic E-state index is 14.1. The van der Waals surface area contributed by atoms with Crippen molar-refractivity contribution in [3.63, 3.8) is 0 Å². The number of fused-ring (bicyclic) bond motifs is 1. The number of phenols is 1. The maximum atomic E-state index is 14.1. The number of benzene rings is 2. The van der Waals surface area contributed by atoms with Crippen molar-refractivity contribution >= 4 is 27.4 Å². The molecule has 0 aliphatic carbocycles. The Balaban J connectivity index is 2.44. The van der Waals surface area contributed by atoms with Crippen molar-refractivity contribution < 1.29 is 28.2 Å². The minimum Gasteiger partial charge on any atom is -0.507 e. The summed E-state index contributed by atoms with van der Waals surface area (Å²) in [5.74, 6) is -4.71. The van der Waals surface area contributed by atoms with Crippen molar-refractivity contribution in [3.05, 3.63) is 52.7 Å². The molecule has 112 valence electrons.